The molecule has 0 aromatic rings. The summed E-state index contributed by atoms with van der Waals surface area (Å²) in [5, 5.41) is 0. The Bertz CT molecular complexity index is 266. The van der Waals surface area contributed by atoms with Gasteiger partial charge in [0.1, 0.15) is 5.60 Å². The Labute approximate surface area is 91.1 Å². The van der Waals surface area contributed by atoms with Gasteiger partial charge < -0.3 is 14.2 Å². The molecule has 0 amide bonds. The Morgan fingerprint density at radius 2 is 2.20 bits per heavy atom. The summed E-state index contributed by atoms with van der Waals surface area (Å²) in [5.41, 5.74) is -0.0109. The van der Waals surface area contributed by atoms with E-state index in [2.05, 4.69) is 0 Å². The lowest BCUT2D eigenvalue weighted by Gasteiger charge is -2.38. The summed E-state index contributed by atoms with van der Waals surface area (Å²) in [5.74, 6) is 0.189. The lowest BCUT2D eigenvalue weighted by molar-refractivity contribution is -0.243. The highest BCUT2D eigenvalue weighted by Gasteiger charge is 2.62. The van der Waals surface area contributed by atoms with Crippen LogP contribution < -0.4 is 0 Å². The third-order valence-electron chi connectivity index (χ3n) is 4.50. The predicted octanol–water partition coefficient (Wildman–Crippen LogP) is 2.10. The molecule has 3 fully saturated rings. The molecule has 0 N–H and O–H groups in total. The fourth-order valence-electron chi connectivity index (χ4n) is 3.60. The molecule has 0 aromatic carbocycles. The lowest BCUT2D eigenvalue weighted by atomic mass is 9.75. The summed E-state index contributed by atoms with van der Waals surface area (Å²) >= 11 is 0. The number of methoxy groups -OCH3 is 1. The fraction of sp³-hybridized carbons (Fsp3) is 1.00. The topological polar surface area (TPSA) is 27.7 Å². The molecule has 0 radical (unpaired) electrons. The zero-order valence-corrected chi connectivity index (χ0v) is 9.62. The Balaban J connectivity index is 1.89. The molecule has 0 aromatic heterocycles. The first-order chi connectivity index (χ1) is 7.19. The minimum Gasteiger partial charge on any atom is -0.375 e. The van der Waals surface area contributed by atoms with Gasteiger partial charge in [-0.3, -0.25) is 0 Å². The van der Waals surface area contributed by atoms with E-state index in [4.69, 9.17) is 14.2 Å². The molecule has 86 valence electrons. The van der Waals surface area contributed by atoms with Gasteiger partial charge in [-0.25, -0.2) is 0 Å². The van der Waals surface area contributed by atoms with Crippen LogP contribution >= 0.6 is 0 Å². The van der Waals surface area contributed by atoms with E-state index < -0.39 is 5.79 Å². The van der Waals surface area contributed by atoms with Crippen molar-refractivity contribution >= 4 is 0 Å². The maximum atomic E-state index is 6.27. The normalized spacial score (nSPS) is 54.0. The summed E-state index contributed by atoms with van der Waals surface area (Å²) in [4.78, 5) is 0. The minimum atomic E-state index is -0.416. The zero-order chi connectivity index (χ0) is 10.5. The van der Waals surface area contributed by atoms with Gasteiger partial charge >= 0.3 is 0 Å². The van der Waals surface area contributed by atoms with Crippen LogP contribution in [0.5, 0.6) is 0 Å². The van der Waals surface area contributed by atoms with Crippen molar-refractivity contribution in [1.29, 1.82) is 0 Å². The molecular weight excluding hydrogens is 192 g/mol. The van der Waals surface area contributed by atoms with Gasteiger partial charge in [-0.2, -0.15) is 0 Å². The van der Waals surface area contributed by atoms with Crippen LogP contribution in [-0.2, 0) is 14.2 Å². The van der Waals surface area contributed by atoms with Crippen molar-refractivity contribution in [3.8, 4) is 0 Å². The second kappa shape index (κ2) is 3.19. The maximum absolute atomic E-state index is 6.27. The van der Waals surface area contributed by atoms with Gasteiger partial charge in [0.2, 0.25) is 0 Å². The Morgan fingerprint density at radius 3 is 3.00 bits per heavy atom. The van der Waals surface area contributed by atoms with Crippen molar-refractivity contribution in [3.05, 3.63) is 0 Å². The summed E-state index contributed by atoms with van der Waals surface area (Å²) in [6.07, 6.45) is 6.18. The van der Waals surface area contributed by atoms with Crippen LogP contribution in [0.4, 0.5) is 0 Å². The fourth-order valence-corrected chi connectivity index (χ4v) is 3.60. The van der Waals surface area contributed by atoms with E-state index in [1.54, 1.807) is 7.11 Å². The van der Waals surface area contributed by atoms with E-state index in [9.17, 15) is 0 Å². The number of rotatable bonds is 1. The molecule has 4 atom stereocenters. The van der Waals surface area contributed by atoms with Crippen LogP contribution in [0.1, 0.15) is 39.0 Å². The largest absolute Gasteiger partial charge is 0.375 e. The average Bonchev–Trinajstić information content (AvgIpc) is 2.69. The van der Waals surface area contributed by atoms with Crippen LogP contribution in [0.25, 0.3) is 0 Å². The lowest BCUT2D eigenvalue weighted by Crippen LogP contribution is -2.45. The molecule has 3 nitrogen and oxygen atoms in total. The Morgan fingerprint density at radius 1 is 1.33 bits per heavy atom. The van der Waals surface area contributed by atoms with Crippen LogP contribution in [0.3, 0.4) is 0 Å². The van der Waals surface area contributed by atoms with Crippen LogP contribution in [0.15, 0.2) is 0 Å². The first-order valence-electron chi connectivity index (χ1n) is 6.05. The van der Waals surface area contributed by atoms with Gasteiger partial charge in [0.25, 0.3) is 0 Å². The highest BCUT2D eigenvalue weighted by molar-refractivity contribution is 5.08. The number of hydrogen-bond donors (Lipinski definition) is 0. The maximum Gasteiger partial charge on any atom is 0.168 e. The van der Waals surface area contributed by atoms with Crippen LogP contribution in [0.2, 0.25) is 0 Å². The van der Waals surface area contributed by atoms with Crippen molar-refractivity contribution in [2.45, 2.75) is 56.5 Å². The molecule has 2 aliphatic heterocycles. The second-order valence-electron chi connectivity index (χ2n) is 5.36. The van der Waals surface area contributed by atoms with Crippen molar-refractivity contribution in [2.24, 2.45) is 5.92 Å². The van der Waals surface area contributed by atoms with Crippen LogP contribution in [0, 0.1) is 5.92 Å². The van der Waals surface area contributed by atoms with Gasteiger partial charge in [0.15, 0.2) is 5.79 Å². The van der Waals surface area contributed by atoms with Crippen LogP contribution in [-0.4, -0.2) is 31.2 Å². The minimum absolute atomic E-state index is 0.0109. The monoisotopic (exact) mass is 212 g/mol. The molecule has 1 spiro atoms. The van der Waals surface area contributed by atoms with Gasteiger partial charge in [0.05, 0.1) is 12.7 Å². The van der Waals surface area contributed by atoms with Gasteiger partial charge in [-0.05, 0) is 19.8 Å². The van der Waals surface area contributed by atoms with Crippen molar-refractivity contribution in [1.82, 2.24) is 0 Å². The molecule has 1 aliphatic carbocycles. The van der Waals surface area contributed by atoms with Crippen molar-refractivity contribution < 1.29 is 14.2 Å². The first kappa shape index (κ1) is 10.1. The highest BCUT2D eigenvalue weighted by Crippen LogP contribution is 2.54. The molecule has 3 aliphatic rings. The molecule has 3 heteroatoms. The molecule has 1 unspecified atom stereocenters. The highest BCUT2D eigenvalue weighted by atomic mass is 16.7. The van der Waals surface area contributed by atoms with Crippen molar-refractivity contribution in [2.75, 3.05) is 13.7 Å². The smallest absolute Gasteiger partial charge is 0.168 e. The standard InChI is InChI=1S/C12H20O3/c1-11(13-2)7-10-12(15-11)6-4-3-5-9(12)8-14-10/h9-10H,3-8H2,1-2H3/t9-,10-,11-,12?/m0/s1. The zero-order valence-electron chi connectivity index (χ0n) is 9.62. The van der Waals surface area contributed by atoms with E-state index in [-0.39, 0.29) is 11.7 Å². The van der Waals surface area contributed by atoms with E-state index >= 15 is 0 Å². The SMILES string of the molecule is CO[C@]1(C)C[C@@H]2OC[C@@H]3CCCCC32O1. The molecular formula is C12H20O3. The van der Waals surface area contributed by atoms with E-state index in [1.807, 2.05) is 6.92 Å². The van der Waals surface area contributed by atoms with Gasteiger partial charge in [0, 0.05) is 19.4 Å². The third-order valence-corrected chi connectivity index (χ3v) is 4.50. The first-order valence-corrected chi connectivity index (χ1v) is 6.05. The van der Waals surface area contributed by atoms with E-state index in [0.29, 0.717) is 5.92 Å². The summed E-state index contributed by atoms with van der Waals surface area (Å²) in [6, 6.07) is 0. The van der Waals surface area contributed by atoms with Crippen molar-refractivity contribution in [3.63, 3.8) is 0 Å². The molecule has 2 saturated heterocycles. The second-order valence-corrected chi connectivity index (χ2v) is 5.36. The molecule has 2 heterocycles. The molecule has 0 bridgehead atoms. The molecule has 1 saturated carbocycles. The van der Waals surface area contributed by atoms with E-state index in [0.717, 1.165) is 19.4 Å². The summed E-state index contributed by atoms with van der Waals surface area (Å²) < 4.78 is 17.6. The summed E-state index contributed by atoms with van der Waals surface area (Å²) in [6.45, 7) is 2.93. The quantitative estimate of drug-likeness (QED) is 0.666. The number of hydrogen-bond acceptors (Lipinski definition) is 3. The Kier molecular flexibility index (Phi) is 2.14. The molecule has 15 heavy (non-hydrogen) atoms. The van der Waals surface area contributed by atoms with Gasteiger partial charge in [-0.15, -0.1) is 0 Å². The average molecular weight is 212 g/mol. The molecule has 3 rings (SSSR count). The Hall–Kier alpha value is -0.120. The summed E-state index contributed by atoms with van der Waals surface area (Å²) in [7, 11) is 1.73. The number of ether oxygens (including phenoxy) is 3. The predicted molar refractivity (Wildman–Crippen MR) is 55.5 cm³/mol. The van der Waals surface area contributed by atoms with E-state index in [1.165, 1.54) is 19.3 Å². The van der Waals surface area contributed by atoms with Gasteiger partial charge in [-0.1, -0.05) is 12.8 Å². The third kappa shape index (κ3) is 1.30.